The number of carbonyl (C=O) groups is 1. The summed E-state index contributed by atoms with van der Waals surface area (Å²) in [6, 6.07) is 13.6. The van der Waals surface area contributed by atoms with Crippen molar-refractivity contribution in [1.82, 2.24) is 0 Å². The van der Waals surface area contributed by atoms with Gasteiger partial charge in [0.25, 0.3) is 0 Å². The van der Waals surface area contributed by atoms with E-state index in [2.05, 4.69) is 0 Å². The highest BCUT2D eigenvalue weighted by atomic mass is 19.1. The smallest absolute Gasteiger partial charge is 0.323 e. The zero-order valence-electron chi connectivity index (χ0n) is 12.1. The summed E-state index contributed by atoms with van der Waals surface area (Å²) in [5.41, 5.74) is 2.66. The molecule has 0 fully saturated rings. The van der Waals surface area contributed by atoms with E-state index in [0.717, 1.165) is 16.8 Å². The van der Waals surface area contributed by atoms with Crippen molar-refractivity contribution in [2.24, 2.45) is 0 Å². The summed E-state index contributed by atoms with van der Waals surface area (Å²) in [7, 11) is 0. The number of nitrogens with zero attached hydrogens (tertiary/aromatic N) is 1. The largest absolute Gasteiger partial charge is 0.480 e. The van der Waals surface area contributed by atoms with Gasteiger partial charge in [0.2, 0.25) is 0 Å². The summed E-state index contributed by atoms with van der Waals surface area (Å²) in [6.07, 6.45) is 0. The van der Waals surface area contributed by atoms with Crippen molar-refractivity contribution in [1.29, 1.82) is 0 Å². The zero-order chi connectivity index (χ0) is 15.4. The van der Waals surface area contributed by atoms with Gasteiger partial charge in [0.1, 0.15) is 12.4 Å². The Labute approximate surface area is 123 Å². The van der Waals surface area contributed by atoms with Crippen LogP contribution >= 0.6 is 0 Å². The molecule has 4 heteroatoms. The van der Waals surface area contributed by atoms with E-state index in [4.69, 9.17) is 5.11 Å². The highest BCUT2D eigenvalue weighted by Gasteiger charge is 2.19. The molecule has 1 atom stereocenters. The minimum Gasteiger partial charge on any atom is -0.480 e. The maximum Gasteiger partial charge on any atom is 0.323 e. The molecule has 0 bridgehead atoms. The molecule has 2 aromatic rings. The van der Waals surface area contributed by atoms with Gasteiger partial charge in [0.15, 0.2) is 0 Å². The predicted octanol–water partition coefficient (Wildman–Crippen LogP) is 3.79. The monoisotopic (exact) mass is 287 g/mol. The third-order valence-electron chi connectivity index (χ3n) is 3.47. The van der Waals surface area contributed by atoms with E-state index in [9.17, 15) is 9.18 Å². The first-order chi connectivity index (χ1) is 9.97. The van der Waals surface area contributed by atoms with E-state index in [1.165, 1.54) is 12.1 Å². The van der Waals surface area contributed by atoms with Crippen LogP contribution in [0.5, 0.6) is 0 Å². The SMILES string of the molecule is Cc1ccc(N(CC(=O)O)C(C)c2cccc(F)c2)cc1. The fourth-order valence-electron chi connectivity index (χ4n) is 2.28. The number of rotatable bonds is 5. The molecule has 0 aliphatic rings. The highest BCUT2D eigenvalue weighted by molar-refractivity contribution is 5.74. The summed E-state index contributed by atoms with van der Waals surface area (Å²) < 4.78 is 13.4. The van der Waals surface area contributed by atoms with Crippen LogP contribution in [0.1, 0.15) is 24.1 Å². The Morgan fingerprint density at radius 3 is 2.48 bits per heavy atom. The molecule has 1 unspecified atom stereocenters. The van der Waals surface area contributed by atoms with Gasteiger partial charge in [-0.1, -0.05) is 29.8 Å². The summed E-state index contributed by atoms with van der Waals surface area (Å²) in [5.74, 6) is -1.24. The standard InChI is InChI=1S/C17H18FNO2/c1-12-6-8-16(9-7-12)19(11-17(20)21)13(2)14-4-3-5-15(18)10-14/h3-10,13H,11H2,1-2H3,(H,20,21). The maximum absolute atomic E-state index is 13.4. The van der Waals surface area contributed by atoms with Crippen LogP contribution in [0.3, 0.4) is 0 Å². The maximum atomic E-state index is 13.4. The predicted molar refractivity (Wildman–Crippen MR) is 81.0 cm³/mol. The third-order valence-corrected chi connectivity index (χ3v) is 3.47. The average molecular weight is 287 g/mol. The minimum atomic E-state index is -0.918. The van der Waals surface area contributed by atoms with Gasteiger partial charge in [-0.25, -0.2) is 4.39 Å². The molecule has 0 saturated carbocycles. The van der Waals surface area contributed by atoms with Crippen LogP contribution < -0.4 is 4.90 Å². The Morgan fingerprint density at radius 1 is 1.24 bits per heavy atom. The van der Waals surface area contributed by atoms with Crippen molar-refractivity contribution in [2.45, 2.75) is 19.9 Å². The molecular weight excluding hydrogens is 269 g/mol. The molecule has 0 aliphatic carbocycles. The number of carboxylic acid groups (broad SMARTS) is 1. The minimum absolute atomic E-state index is 0.138. The second-order valence-electron chi connectivity index (χ2n) is 5.09. The molecule has 0 spiro atoms. The van der Waals surface area contributed by atoms with Gasteiger partial charge in [0, 0.05) is 5.69 Å². The number of benzene rings is 2. The first-order valence-electron chi connectivity index (χ1n) is 6.78. The molecule has 0 aliphatic heterocycles. The number of aryl methyl sites for hydroxylation is 1. The quantitative estimate of drug-likeness (QED) is 0.909. The molecule has 0 saturated heterocycles. The lowest BCUT2D eigenvalue weighted by Crippen LogP contribution is -2.32. The molecule has 0 aromatic heterocycles. The molecule has 2 rings (SSSR count). The normalized spacial score (nSPS) is 12.0. The molecule has 0 heterocycles. The second-order valence-corrected chi connectivity index (χ2v) is 5.09. The Morgan fingerprint density at radius 2 is 1.90 bits per heavy atom. The lowest BCUT2D eigenvalue weighted by Gasteiger charge is -2.30. The zero-order valence-corrected chi connectivity index (χ0v) is 12.1. The van der Waals surface area contributed by atoms with E-state index >= 15 is 0 Å². The molecule has 21 heavy (non-hydrogen) atoms. The Kier molecular flexibility index (Phi) is 4.58. The summed E-state index contributed by atoms with van der Waals surface area (Å²) in [6.45, 7) is 3.71. The van der Waals surface area contributed by atoms with E-state index in [0.29, 0.717) is 0 Å². The highest BCUT2D eigenvalue weighted by Crippen LogP contribution is 2.27. The van der Waals surface area contributed by atoms with Gasteiger partial charge >= 0.3 is 5.97 Å². The lowest BCUT2D eigenvalue weighted by molar-refractivity contribution is -0.135. The number of carboxylic acids is 1. The van der Waals surface area contributed by atoms with Crippen LogP contribution in [-0.2, 0) is 4.79 Å². The second kappa shape index (κ2) is 6.39. The fraction of sp³-hybridized carbons (Fsp3) is 0.235. The summed E-state index contributed by atoms with van der Waals surface area (Å²) in [5, 5.41) is 9.13. The molecule has 110 valence electrons. The number of anilines is 1. The van der Waals surface area contributed by atoms with E-state index < -0.39 is 5.97 Å². The first-order valence-corrected chi connectivity index (χ1v) is 6.78. The van der Waals surface area contributed by atoms with Crippen LogP contribution in [0.25, 0.3) is 0 Å². The van der Waals surface area contributed by atoms with Crippen LogP contribution in [0.15, 0.2) is 48.5 Å². The van der Waals surface area contributed by atoms with Crippen LogP contribution in [0.4, 0.5) is 10.1 Å². The topological polar surface area (TPSA) is 40.5 Å². The van der Waals surface area contributed by atoms with E-state index in [1.54, 1.807) is 17.0 Å². The van der Waals surface area contributed by atoms with Crippen LogP contribution in [0.2, 0.25) is 0 Å². The van der Waals surface area contributed by atoms with Crippen molar-refractivity contribution >= 4 is 11.7 Å². The molecule has 1 N–H and O–H groups in total. The van der Waals surface area contributed by atoms with Crippen LogP contribution in [0, 0.1) is 12.7 Å². The number of hydrogen-bond acceptors (Lipinski definition) is 2. The molecule has 0 radical (unpaired) electrons. The average Bonchev–Trinajstić information content (AvgIpc) is 2.45. The molecule has 2 aromatic carbocycles. The fourth-order valence-corrected chi connectivity index (χ4v) is 2.28. The molecular formula is C17H18FNO2. The number of hydrogen-bond donors (Lipinski definition) is 1. The Balaban J connectivity index is 2.35. The van der Waals surface area contributed by atoms with Crippen molar-refractivity contribution in [3.63, 3.8) is 0 Å². The van der Waals surface area contributed by atoms with Gasteiger partial charge < -0.3 is 10.0 Å². The Hall–Kier alpha value is -2.36. The van der Waals surface area contributed by atoms with Crippen molar-refractivity contribution in [3.05, 3.63) is 65.5 Å². The lowest BCUT2D eigenvalue weighted by atomic mass is 10.1. The van der Waals surface area contributed by atoms with Gasteiger partial charge in [-0.3, -0.25) is 4.79 Å². The molecule has 0 amide bonds. The van der Waals surface area contributed by atoms with Gasteiger partial charge in [-0.2, -0.15) is 0 Å². The third kappa shape index (κ3) is 3.81. The van der Waals surface area contributed by atoms with E-state index in [1.807, 2.05) is 38.1 Å². The summed E-state index contributed by atoms with van der Waals surface area (Å²) >= 11 is 0. The van der Waals surface area contributed by atoms with Gasteiger partial charge in [-0.15, -0.1) is 0 Å². The summed E-state index contributed by atoms with van der Waals surface area (Å²) in [4.78, 5) is 12.9. The molecule has 3 nitrogen and oxygen atoms in total. The van der Waals surface area contributed by atoms with Crippen molar-refractivity contribution < 1.29 is 14.3 Å². The van der Waals surface area contributed by atoms with Gasteiger partial charge in [-0.05, 0) is 43.7 Å². The van der Waals surface area contributed by atoms with Crippen molar-refractivity contribution in [3.8, 4) is 0 Å². The van der Waals surface area contributed by atoms with Crippen LogP contribution in [-0.4, -0.2) is 17.6 Å². The number of halogens is 1. The Bertz CT molecular complexity index is 625. The van der Waals surface area contributed by atoms with E-state index in [-0.39, 0.29) is 18.4 Å². The first kappa shape index (κ1) is 15.0. The van der Waals surface area contributed by atoms with Crippen molar-refractivity contribution in [2.75, 3.05) is 11.4 Å². The number of aliphatic carboxylic acids is 1. The van der Waals surface area contributed by atoms with Gasteiger partial charge in [0.05, 0.1) is 6.04 Å².